The molecule has 0 saturated carbocycles. The Hall–Kier alpha value is -4.74. The molecule has 0 N–H and O–H groups in total. The SMILES string of the molecule is CC1(C)c2cc(OCc3ccccc3)ccc2N(Cc2ccc(OCCN3CCCCC3)cc2)C1c1ccc(OCc2ccccc2)cc1. The van der Waals surface area contributed by atoms with Gasteiger partial charge in [-0.1, -0.05) is 105 Å². The van der Waals surface area contributed by atoms with E-state index in [0.29, 0.717) is 13.2 Å². The van der Waals surface area contributed by atoms with E-state index in [1.54, 1.807) is 0 Å². The molecule has 49 heavy (non-hydrogen) atoms. The molecule has 2 aliphatic heterocycles. The molecule has 1 fully saturated rings. The Kier molecular flexibility index (Phi) is 10.2. The van der Waals surface area contributed by atoms with Crippen LogP contribution in [0.2, 0.25) is 0 Å². The number of hydrogen-bond donors (Lipinski definition) is 0. The molecule has 0 spiro atoms. The van der Waals surface area contributed by atoms with Crippen molar-refractivity contribution in [3.05, 3.63) is 155 Å². The van der Waals surface area contributed by atoms with Crippen LogP contribution in [0.3, 0.4) is 0 Å². The predicted octanol–water partition coefficient (Wildman–Crippen LogP) is 9.75. The fourth-order valence-electron chi connectivity index (χ4n) is 7.41. The van der Waals surface area contributed by atoms with Crippen LogP contribution in [0.1, 0.15) is 67.0 Å². The lowest BCUT2D eigenvalue weighted by molar-refractivity contribution is 0.183. The second-order valence-corrected chi connectivity index (χ2v) is 13.9. The van der Waals surface area contributed by atoms with E-state index in [4.69, 9.17) is 14.2 Å². The van der Waals surface area contributed by atoms with Crippen LogP contribution in [0.5, 0.6) is 17.2 Å². The quantitative estimate of drug-likeness (QED) is 0.127. The van der Waals surface area contributed by atoms with Crippen LogP contribution in [0.4, 0.5) is 5.69 Å². The summed E-state index contributed by atoms with van der Waals surface area (Å²) in [6.45, 7) is 10.7. The molecule has 5 aromatic rings. The lowest BCUT2D eigenvalue weighted by Crippen LogP contribution is -2.33. The van der Waals surface area contributed by atoms with E-state index in [0.717, 1.165) is 48.1 Å². The third-order valence-electron chi connectivity index (χ3n) is 10.1. The number of likely N-dealkylation sites (tertiary alicyclic amines) is 1. The maximum Gasteiger partial charge on any atom is 0.120 e. The number of piperidine rings is 1. The normalized spacial score (nSPS) is 17.0. The molecule has 0 radical (unpaired) electrons. The number of nitrogens with zero attached hydrogens (tertiary/aromatic N) is 2. The van der Waals surface area contributed by atoms with Crippen LogP contribution >= 0.6 is 0 Å². The molecule has 2 aliphatic rings. The molecule has 0 amide bonds. The number of anilines is 1. The maximum absolute atomic E-state index is 6.32. The second-order valence-electron chi connectivity index (χ2n) is 13.9. The van der Waals surface area contributed by atoms with Gasteiger partial charge < -0.3 is 19.1 Å². The molecule has 1 atom stereocenters. The summed E-state index contributed by atoms with van der Waals surface area (Å²) in [6.07, 6.45) is 3.97. The lowest BCUT2D eigenvalue weighted by atomic mass is 9.77. The van der Waals surface area contributed by atoms with E-state index in [1.807, 2.05) is 24.3 Å². The van der Waals surface area contributed by atoms with Gasteiger partial charge in [0.25, 0.3) is 0 Å². The zero-order valence-corrected chi connectivity index (χ0v) is 28.9. The number of rotatable bonds is 13. The standard InChI is InChI=1S/C44H48N2O3/c1-44(2)41-30-40(49-33-36-14-8-4-9-15-36)24-25-42(41)46(31-34-16-20-38(21-17-34)47-29-28-45-26-10-5-11-27-45)43(44)37-18-22-39(23-19-37)48-32-35-12-6-3-7-13-35/h3-4,6-9,12-25,30,43H,5,10-11,26-29,31-33H2,1-2H3. The Morgan fingerprint density at radius 2 is 1.16 bits per heavy atom. The van der Waals surface area contributed by atoms with Crippen molar-refractivity contribution in [2.75, 3.05) is 31.1 Å². The Morgan fingerprint density at radius 1 is 0.592 bits per heavy atom. The minimum Gasteiger partial charge on any atom is -0.492 e. The average molecular weight is 653 g/mol. The molecular formula is C44H48N2O3. The zero-order chi connectivity index (χ0) is 33.5. The summed E-state index contributed by atoms with van der Waals surface area (Å²) in [5, 5.41) is 0. The molecule has 0 aliphatic carbocycles. The summed E-state index contributed by atoms with van der Waals surface area (Å²) >= 11 is 0. The first-order valence-corrected chi connectivity index (χ1v) is 17.8. The minimum absolute atomic E-state index is 0.121. The molecule has 0 bridgehead atoms. The molecule has 5 nitrogen and oxygen atoms in total. The third-order valence-corrected chi connectivity index (χ3v) is 10.1. The maximum atomic E-state index is 6.32. The van der Waals surface area contributed by atoms with Gasteiger partial charge in [-0.05, 0) is 96.2 Å². The predicted molar refractivity (Wildman–Crippen MR) is 199 cm³/mol. The van der Waals surface area contributed by atoms with Crippen LogP contribution in [-0.4, -0.2) is 31.1 Å². The topological polar surface area (TPSA) is 34.2 Å². The summed E-state index contributed by atoms with van der Waals surface area (Å²) in [6, 6.07) is 44.8. The molecule has 7 rings (SSSR count). The minimum atomic E-state index is -0.175. The van der Waals surface area contributed by atoms with E-state index < -0.39 is 0 Å². The molecule has 5 heteroatoms. The van der Waals surface area contributed by atoms with Crippen molar-refractivity contribution in [2.24, 2.45) is 0 Å². The Morgan fingerprint density at radius 3 is 1.82 bits per heavy atom. The Balaban J connectivity index is 1.10. The highest BCUT2D eigenvalue weighted by Gasteiger charge is 2.45. The second kappa shape index (κ2) is 15.2. The molecule has 2 heterocycles. The van der Waals surface area contributed by atoms with Gasteiger partial charge in [0, 0.05) is 24.2 Å². The average Bonchev–Trinajstić information content (AvgIpc) is 3.36. The summed E-state index contributed by atoms with van der Waals surface area (Å²) in [5.74, 6) is 2.71. The molecule has 0 aromatic heterocycles. The molecule has 252 valence electrons. The summed E-state index contributed by atoms with van der Waals surface area (Å²) in [7, 11) is 0. The molecule has 1 saturated heterocycles. The Labute approximate surface area is 292 Å². The van der Waals surface area contributed by atoms with Gasteiger partial charge >= 0.3 is 0 Å². The van der Waals surface area contributed by atoms with Crippen LogP contribution in [-0.2, 0) is 25.2 Å². The van der Waals surface area contributed by atoms with Gasteiger partial charge in [0.05, 0.1) is 6.04 Å². The lowest BCUT2D eigenvalue weighted by Gasteiger charge is -2.35. The van der Waals surface area contributed by atoms with Crippen molar-refractivity contribution in [3.8, 4) is 17.2 Å². The number of ether oxygens (including phenoxy) is 3. The smallest absolute Gasteiger partial charge is 0.120 e. The van der Waals surface area contributed by atoms with Crippen molar-refractivity contribution in [3.63, 3.8) is 0 Å². The van der Waals surface area contributed by atoms with Crippen molar-refractivity contribution < 1.29 is 14.2 Å². The van der Waals surface area contributed by atoms with Crippen LogP contribution in [0.25, 0.3) is 0 Å². The number of fused-ring (bicyclic) bond motifs is 1. The van der Waals surface area contributed by atoms with Crippen LogP contribution < -0.4 is 19.1 Å². The van der Waals surface area contributed by atoms with Crippen molar-refractivity contribution in [1.29, 1.82) is 0 Å². The van der Waals surface area contributed by atoms with E-state index in [2.05, 4.69) is 127 Å². The van der Waals surface area contributed by atoms with Crippen LogP contribution in [0.15, 0.2) is 127 Å². The monoisotopic (exact) mass is 652 g/mol. The van der Waals surface area contributed by atoms with E-state index >= 15 is 0 Å². The number of benzene rings is 5. The Bertz CT molecular complexity index is 1770. The van der Waals surface area contributed by atoms with Gasteiger partial charge in [0.15, 0.2) is 0 Å². The number of hydrogen-bond acceptors (Lipinski definition) is 5. The first kappa shape index (κ1) is 32.8. The summed E-state index contributed by atoms with van der Waals surface area (Å²) in [4.78, 5) is 5.08. The van der Waals surface area contributed by atoms with Gasteiger partial charge in [-0.25, -0.2) is 0 Å². The van der Waals surface area contributed by atoms with Gasteiger partial charge in [-0.15, -0.1) is 0 Å². The van der Waals surface area contributed by atoms with E-state index in [-0.39, 0.29) is 11.5 Å². The highest BCUT2D eigenvalue weighted by atomic mass is 16.5. The van der Waals surface area contributed by atoms with Crippen molar-refractivity contribution in [2.45, 2.75) is 64.3 Å². The van der Waals surface area contributed by atoms with Gasteiger partial charge in [-0.2, -0.15) is 0 Å². The fourth-order valence-corrected chi connectivity index (χ4v) is 7.41. The largest absolute Gasteiger partial charge is 0.492 e. The van der Waals surface area contributed by atoms with Crippen molar-refractivity contribution >= 4 is 5.69 Å². The first-order chi connectivity index (χ1) is 24.0. The highest BCUT2D eigenvalue weighted by molar-refractivity contribution is 5.67. The summed E-state index contributed by atoms with van der Waals surface area (Å²) < 4.78 is 18.6. The molecular weight excluding hydrogens is 604 g/mol. The van der Waals surface area contributed by atoms with Gasteiger partial charge in [-0.3, -0.25) is 4.90 Å². The van der Waals surface area contributed by atoms with E-state index in [1.165, 1.54) is 54.7 Å². The first-order valence-electron chi connectivity index (χ1n) is 17.8. The van der Waals surface area contributed by atoms with Gasteiger partial charge in [0.2, 0.25) is 0 Å². The fraction of sp³-hybridized carbons (Fsp3) is 0.318. The molecule has 5 aromatic carbocycles. The van der Waals surface area contributed by atoms with Crippen molar-refractivity contribution in [1.82, 2.24) is 4.90 Å². The zero-order valence-electron chi connectivity index (χ0n) is 28.9. The van der Waals surface area contributed by atoms with Gasteiger partial charge in [0.1, 0.15) is 37.1 Å². The summed E-state index contributed by atoms with van der Waals surface area (Å²) in [5.41, 5.74) is 7.20. The van der Waals surface area contributed by atoms with E-state index in [9.17, 15) is 0 Å². The van der Waals surface area contributed by atoms with Crippen LogP contribution in [0, 0.1) is 0 Å². The third kappa shape index (κ3) is 7.95. The molecule has 1 unspecified atom stereocenters. The highest BCUT2D eigenvalue weighted by Crippen LogP contribution is 2.54.